The normalized spacial score (nSPS) is 15.2. The molecule has 10 heteroatoms. The molecule has 8 nitrogen and oxygen atoms in total. The molecule has 0 spiro atoms. The molecule has 1 aromatic heterocycles. The molecular formula is C21H21FN4O4S. The second-order valence-corrected chi connectivity index (χ2v) is 9.10. The van der Waals surface area contributed by atoms with Crippen molar-refractivity contribution in [3.63, 3.8) is 0 Å². The van der Waals surface area contributed by atoms with E-state index < -0.39 is 21.8 Å². The van der Waals surface area contributed by atoms with E-state index in [4.69, 9.17) is 0 Å². The van der Waals surface area contributed by atoms with Gasteiger partial charge in [-0.2, -0.15) is 0 Å². The number of carboxylic acids is 1. The van der Waals surface area contributed by atoms with Gasteiger partial charge in [0.2, 0.25) is 0 Å². The molecule has 1 aliphatic heterocycles. The summed E-state index contributed by atoms with van der Waals surface area (Å²) in [4.78, 5) is 20.5. The maximum absolute atomic E-state index is 13.4. The number of nitrogens with zero attached hydrogens (tertiary/aromatic N) is 3. The summed E-state index contributed by atoms with van der Waals surface area (Å²) in [6.07, 6.45) is 0. The van der Waals surface area contributed by atoms with Crippen molar-refractivity contribution in [2.75, 3.05) is 42.8 Å². The molecule has 2 N–H and O–H groups in total. The number of anilines is 2. The third-order valence-corrected chi connectivity index (χ3v) is 6.59. The molecular weight excluding hydrogens is 423 g/mol. The van der Waals surface area contributed by atoms with Crippen LogP contribution in [0.1, 0.15) is 10.4 Å². The maximum Gasteiger partial charge on any atom is 0.336 e. The largest absolute Gasteiger partial charge is 0.478 e. The first kappa shape index (κ1) is 21.0. The topological polar surface area (TPSA) is 103 Å². The van der Waals surface area contributed by atoms with Gasteiger partial charge in [0.25, 0.3) is 10.0 Å². The highest BCUT2D eigenvalue weighted by atomic mass is 32.2. The number of sulfonamides is 1. The van der Waals surface area contributed by atoms with Crippen LogP contribution in [0.5, 0.6) is 0 Å². The van der Waals surface area contributed by atoms with Gasteiger partial charge in [-0.3, -0.25) is 4.72 Å². The maximum atomic E-state index is 13.4. The fraction of sp³-hybridized carbons (Fsp3) is 0.238. The molecule has 0 radical (unpaired) electrons. The van der Waals surface area contributed by atoms with Crippen LogP contribution < -0.4 is 9.62 Å². The highest BCUT2D eigenvalue weighted by Crippen LogP contribution is 2.27. The van der Waals surface area contributed by atoms with Gasteiger partial charge in [0.15, 0.2) is 0 Å². The molecule has 0 saturated carbocycles. The molecule has 0 bridgehead atoms. The Morgan fingerprint density at radius 3 is 2.52 bits per heavy atom. The van der Waals surface area contributed by atoms with E-state index >= 15 is 0 Å². The summed E-state index contributed by atoms with van der Waals surface area (Å²) < 4.78 is 40.9. The molecule has 1 saturated heterocycles. The molecule has 3 aromatic rings. The lowest BCUT2D eigenvalue weighted by Crippen LogP contribution is -2.44. The molecule has 0 atom stereocenters. The summed E-state index contributed by atoms with van der Waals surface area (Å²) in [7, 11) is -2.01. The number of carboxylic acid groups (broad SMARTS) is 1. The van der Waals surface area contributed by atoms with E-state index in [1.807, 2.05) is 11.9 Å². The Morgan fingerprint density at radius 1 is 1.10 bits per heavy atom. The number of hydrogen-bond donors (Lipinski definition) is 2. The van der Waals surface area contributed by atoms with Crippen LogP contribution in [0.2, 0.25) is 0 Å². The highest BCUT2D eigenvalue weighted by Gasteiger charge is 2.20. The van der Waals surface area contributed by atoms with Crippen LogP contribution in [0.4, 0.5) is 15.9 Å². The highest BCUT2D eigenvalue weighted by molar-refractivity contribution is 7.92. The van der Waals surface area contributed by atoms with Gasteiger partial charge in [-0.15, -0.1) is 0 Å². The lowest BCUT2D eigenvalue weighted by Gasteiger charge is -2.33. The Hall–Kier alpha value is -3.24. The third kappa shape index (κ3) is 4.44. The molecule has 4 rings (SSSR count). The first-order valence-electron chi connectivity index (χ1n) is 9.63. The van der Waals surface area contributed by atoms with Gasteiger partial charge >= 0.3 is 5.97 Å². The molecule has 162 valence electrons. The third-order valence-electron chi connectivity index (χ3n) is 5.21. The Labute approximate surface area is 179 Å². The number of hydrogen-bond acceptors (Lipinski definition) is 6. The predicted octanol–water partition coefficient (Wildman–Crippen LogP) is 2.62. The van der Waals surface area contributed by atoms with Crippen molar-refractivity contribution in [1.82, 2.24) is 9.88 Å². The van der Waals surface area contributed by atoms with E-state index in [9.17, 15) is 22.7 Å². The lowest BCUT2D eigenvalue weighted by molar-refractivity contribution is 0.0699. The second kappa shape index (κ2) is 8.12. The summed E-state index contributed by atoms with van der Waals surface area (Å²) in [6, 6.07) is 10.7. The summed E-state index contributed by atoms with van der Waals surface area (Å²) in [5.74, 6) is -1.23. The van der Waals surface area contributed by atoms with Crippen LogP contribution in [-0.4, -0.2) is 62.6 Å². The monoisotopic (exact) mass is 444 g/mol. The van der Waals surface area contributed by atoms with Crippen LogP contribution in [0, 0.1) is 5.82 Å². The van der Waals surface area contributed by atoms with E-state index in [2.05, 4.69) is 14.6 Å². The predicted molar refractivity (Wildman–Crippen MR) is 116 cm³/mol. The van der Waals surface area contributed by atoms with Crippen molar-refractivity contribution < 1.29 is 22.7 Å². The summed E-state index contributed by atoms with van der Waals surface area (Å²) >= 11 is 0. The number of nitrogens with one attached hydrogen (secondary N) is 1. The quantitative estimate of drug-likeness (QED) is 0.624. The van der Waals surface area contributed by atoms with Crippen LogP contribution in [-0.2, 0) is 10.0 Å². The van der Waals surface area contributed by atoms with Crippen molar-refractivity contribution in [2.24, 2.45) is 0 Å². The Morgan fingerprint density at radius 2 is 1.84 bits per heavy atom. The van der Waals surface area contributed by atoms with Gasteiger partial charge in [0.05, 0.1) is 16.0 Å². The molecule has 1 fully saturated rings. The first-order chi connectivity index (χ1) is 14.7. The number of pyridine rings is 1. The van der Waals surface area contributed by atoms with E-state index in [0.29, 0.717) is 16.7 Å². The zero-order valence-electron chi connectivity index (χ0n) is 16.7. The van der Waals surface area contributed by atoms with Gasteiger partial charge in [-0.25, -0.2) is 22.6 Å². The zero-order valence-corrected chi connectivity index (χ0v) is 17.6. The minimum Gasteiger partial charge on any atom is -0.478 e. The SMILES string of the molecule is CN1CCN(c2cc(C(=O)O)c3cc(NS(=O)(=O)c4cccc(F)c4)ccc3n2)CC1. The zero-order chi connectivity index (χ0) is 22.2. The summed E-state index contributed by atoms with van der Waals surface area (Å²) in [5.41, 5.74) is 0.640. The molecule has 0 aliphatic carbocycles. The number of aromatic carboxylic acids is 1. The number of rotatable bonds is 5. The fourth-order valence-corrected chi connectivity index (χ4v) is 4.58. The van der Waals surface area contributed by atoms with Gasteiger partial charge in [0, 0.05) is 37.3 Å². The van der Waals surface area contributed by atoms with Crippen molar-refractivity contribution in [3.8, 4) is 0 Å². The molecule has 0 amide bonds. The molecule has 2 heterocycles. The average molecular weight is 444 g/mol. The number of halogens is 1. The van der Waals surface area contributed by atoms with Gasteiger partial charge in [0.1, 0.15) is 11.6 Å². The van der Waals surface area contributed by atoms with E-state index in [1.54, 1.807) is 6.07 Å². The van der Waals surface area contributed by atoms with Gasteiger partial charge < -0.3 is 14.9 Å². The Kier molecular flexibility index (Phi) is 5.50. The molecule has 1 aliphatic rings. The summed E-state index contributed by atoms with van der Waals surface area (Å²) in [6.45, 7) is 3.17. The Balaban J connectivity index is 1.71. The number of fused-ring (bicyclic) bond motifs is 1. The van der Waals surface area contributed by atoms with E-state index in [0.717, 1.165) is 38.3 Å². The van der Waals surface area contributed by atoms with Crippen LogP contribution in [0.15, 0.2) is 53.4 Å². The van der Waals surface area contributed by atoms with E-state index in [-0.39, 0.29) is 16.1 Å². The minimum absolute atomic E-state index is 0.0331. The fourth-order valence-electron chi connectivity index (χ4n) is 3.50. The second-order valence-electron chi connectivity index (χ2n) is 7.42. The van der Waals surface area contributed by atoms with Crippen molar-refractivity contribution >= 4 is 38.4 Å². The molecule has 0 unspecified atom stereocenters. The number of piperazine rings is 1. The number of likely N-dealkylation sites (N-methyl/N-ethyl adjacent to an activating group) is 1. The van der Waals surface area contributed by atoms with E-state index in [1.165, 1.54) is 30.3 Å². The Bertz CT molecular complexity index is 1260. The standard InChI is InChI=1S/C21H21FN4O4S/c1-25-7-9-26(10-8-25)20-13-18(21(27)28)17-12-15(5-6-19(17)23-20)24-31(29,30)16-4-2-3-14(22)11-16/h2-6,11-13,24H,7-10H2,1H3,(H,27,28). The number of benzene rings is 2. The average Bonchev–Trinajstić information content (AvgIpc) is 2.73. The molecule has 31 heavy (non-hydrogen) atoms. The number of aromatic nitrogens is 1. The van der Waals surface area contributed by atoms with Gasteiger partial charge in [-0.1, -0.05) is 6.07 Å². The first-order valence-corrected chi connectivity index (χ1v) is 11.1. The number of carbonyl (C=O) groups is 1. The lowest BCUT2D eigenvalue weighted by atomic mass is 10.1. The van der Waals surface area contributed by atoms with Crippen molar-refractivity contribution in [1.29, 1.82) is 0 Å². The summed E-state index contributed by atoms with van der Waals surface area (Å²) in [5, 5.41) is 10.1. The smallest absolute Gasteiger partial charge is 0.336 e. The van der Waals surface area contributed by atoms with Crippen LogP contribution >= 0.6 is 0 Å². The van der Waals surface area contributed by atoms with Crippen LogP contribution in [0.25, 0.3) is 10.9 Å². The van der Waals surface area contributed by atoms with Crippen molar-refractivity contribution in [2.45, 2.75) is 4.90 Å². The van der Waals surface area contributed by atoms with Gasteiger partial charge in [-0.05, 0) is 49.5 Å². The van der Waals surface area contributed by atoms with Crippen LogP contribution in [0.3, 0.4) is 0 Å². The van der Waals surface area contributed by atoms with Crippen molar-refractivity contribution in [3.05, 3.63) is 59.9 Å². The molecule has 2 aromatic carbocycles. The minimum atomic E-state index is -4.04.